The molecule has 1 heterocycles. The molecule has 0 aromatic heterocycles. The van der Waals surface area contributed by atoms with Crippen LogP contribution in [0.4, 0.5) is 0 Å². The first-order valence-corrected chi connectivity index (χ1v) is 14.7. The number of carbonyl (C=O) groups excluding carboxylic acids is 3. The lowest BCUT2D eigenvalue weighted by Crippen LogP contribution is -2.56. The third kappa shape index (κ3) is 9.26. The van der Waals surface area contributed by atoms with Crippen molar-refractivity contribution in [3.8, 4) is 5.75 Å². The Hall–Kier alpha value is -3.22. The molecule has 38 heavy (non-hydrogen) atoms. The van der Waals surface area contributed by atoms with E-state index in [2.05, 4.69) is 16.0 Å². The van der Waals surface area contributed by atoms with Crippen molar-refractivity contribution in [3.05, 3.63) is 65.2 Å². The molecule has 1 aliphatic heterocycles. The van der Waals surface area contributed by atoms with Crippen LogP contribution in [0, 0.1) is 0 Å². The smallest absolute Gasteiger partial charge is 0.307 e. The molecular weight excluding hydrogens is 528 g/mol. The molecule has 204 valence electrons. The maximum Gasteiger partial charge on any atom is 0.307 e. The van der Waals surface area contributed by atoms with Crippen molar-refractivity contribution in [3.63, 3.8) is 0 Å². The molecule has 7 N–H and O–H groups in total. The van der Waals surface area contributed by atoms with Crippen molar-refractivity contribution < 1.29 is 29.4 Å². The number of aromatic hydroxyl groups is 1. The second-order valence-corrected chi connectivity index (χ2v) is 11.6. The highest BCUT2D eigenvalue weighted by atomic mass is 33.1. The van der Waals surface area contributed by atoms with E-state index in [1.807, 2.05) is 0 Å². The maximum atomic E-state index is 13.3. The minimum absolute atomic E-state index is 0.0795. The number of carbonyl (C=O) groups is 4. The zero-order valence-electron chi connectivity index (χ0n) is 20.7. The van der Waals surface area contributed by atoms with Gasteiger partial charge in [-0.1, -0.05) is 58.0 Å². The molecule has 3 amide bonds. The normalized spacial score (nSPS) is 21.1. The summed E-state index contributed by atoms with van der Waals surface area (Å²) in [6.45, 7) is 0.110. The van der Waals surface area contributed by atoms with Gasteiger partial charge in [0.1, 0.15) is 17.8 Å². The number of aliphatic carboxylic acids is 1. The van der Waals surface area contributed by atoms with Gasteiger partial charge in [-0.2, -0.15) is 0 Å². The number of hydrogen-bond donors (Lipinski definition) is 6. The summed E-state index contributed by atoms with van der Waals surface area (Å²) >= 11 is 0. The van der Waals surface area contributed by atoms with Gasteiger partial charge in [0.2, 0.25) is 17.7 Å². The highest BCUT2D eigenvalue weighted by Gasteiger charge is 2.29. The molecule has 12 heteroatoms. The van der Waals surface area contributed by atoms with Crippen molar-refractivity contribution in [2.45, 2.75) is 50.4 Å². The fourth-order valence-electron chi connectivity index (χ4n) is 3.86. The number of rotatable bonds is 7. The lowest BCUT2D eigenvalue weighted by molar-refractivity contribution is -0.136. The average Bonchev–Trinajstić information content (AvgIpc) is 2.89. The number of phenolic OH excluding ortho intramolecular Hbond substituents is 1. The Labute approximate surface area is 228 Å². The molecule has 0 unspecified atom stereocenters. The van der Waals surface area contributed by atoms with Crippen molar-refractivity contribution in [2.24, 2.45) is 5.73 Å². The average molecular weight is 561 g/mol. The molecule has 3 atom stereocenters. The number of nitrogens with one attached hydrogen (secondary N) is 3. The number of hydrogen-bond acceptors (Lipinski definition) is 8. The van der Waals surface area contributed by atoms with Gasteiger partial charge in [-0.3, -0.25) is 19.2 Å². The Morgan fingerprint density at radius 1 is 0.947 bits per heavy atom. The summed E-state index contributed by atoms with van der Waals surface area (Å²) < 4.78 is 0. The van der Waals surface area contributed by atoms with Crippen molar-refractivity contribution in [1.29, 1.82) is 0 Å². The number of carboxylic acids is 1. The molecule has 1 fully saturated rings. The topological polar surface area (TPSA) is 171 Å². The van der Waals surface area contributed by atoms with Crippen LogP contribution in [-0.4, -0.2) is 63.5 Å². The highest BCUT2D eigenvalue weighted by Crippen LogP contribution is 2.24. The molecule has 0 aliphatic carbocycles. The first kappa shape index (κ1) is 29.3. The van der Waals surface area contributed by atoms with E-state index in [9.17, 15) is 24.3 Å². The van der Waals surface area contributed by atoms with Gasteiger partial charge in [0.15, 0.2) is 0 Å². The first-order chi connectivity index (χ1) is 18.2. The van der Waals surface area contributed by atoms with Crippen LogP contribution in [-0.2, 0) is 38.6 Å². The second kappa shape index (κ2) is 14.6. The summed E-state index contributed by atoms with van der Waals surface area (Å²) in [7, 11) is 3.09. The van der Waals surface area contributed by atoms with E-state index in [0.717, 1.165) is 0 Å². The van der Waals surface area contributed by atoms with Gasteiger partial charge in [0.05, 0.1) is 12.5 Å². The Bertz CT molecular complexity index is 1130. The number of phenols is 1. The van der Waals surface area contributed by atoms with E-state index < -0.39 is 41.8 Å². The quantitative estimate of drug-likeness (QED) is 0.274. The lowest BCUT2D eigenvalue weighted by Gasteiger charge is -2.24. The van der Waals surface area contributed by atoms with Crippen LogP contribution >= 0.6 is 21.6 Å². The summed E-state index contributed by atoms with van der Waals surface area (Å²) in [5.41, 5.74) is 8.02. The predicted molar refractivity (Wildman–Crippen MR) is 147 cm³/mol. The Balaban J connectivity index is 1.75. The minimum Gasteiger partial charge on any atom is -0.508 e. The van der Waals surface area contributed by atoms with Gasteiger partial charge in [0, 0.05) is 24.5 Å². The van der Waals surface area contributed by atoms with Gasteiger partial charge in [-0.05, 0) is 41.7 Å². The lowest BCUT2D eigenvalue weighted by atomic mass is 10.0. The SMILES string of the molecule is N[C@H]1CCSSCC[C@@H](C(=O)NCc2ccccc2CC(=O)O)NC(=O)[C@H](Cc2ccc(O)cc2)NC1=O. The largest absolute Gasteiger partial charge is 0.508 e. The van der Waals surface area contributed by atoms with E-state index >= 15 is 0 Å². The van der Waals surface area contributed by atoms with Crippen LogP contribution in [0.2, 0.25) is 0 Å². The Morgan fingerprint density at radius 3 is 2.29 bits per heavy atom. The summed E-state index contributed by atoms with van der Waals surface area (Å²) in [5, 5.41) is 27.1. The predicted octanol–water partition coefficient (Wildman–Crippen LogP) is 1.35. The van der Waals surface area contributed by atoms with Gasteiger partial charge >= 0.3 is 5.97 Å². The molecule has 0 saturated carbocycles. The second-order valence-electron chi connectivity index (χ2n) is 8.88. The van der Waals surface area contributed by atoms with E-state index in [1.165, 1.54) is 22.9 Å². The van der Waals surface area contributed by atoms with Crippen molar-refractivity contribution in [1.82, 2.24) is 16.0 Å². The van der Waals surface area contributed by atoms with Gasteiger partial charge in [-0.25, -0.2) is 0 Å². The molecular formula is C26H32N4O6S2. The first-order valence-electron chi connectivity index (χ1n) is 12.2. The molecule has 0 bridgehead atoms. The molecule has 10 nitrogen and oxygen atoms in total. The Morgan fingerprint density at radius 2 is 1.61 bits per heavy atom. The molecule has 1 aliphatic rings. The van der Waals surface area contributed by atoms with Crippen LogP contribution in [0.1, 0.15) is 29.5 Å². The number of benzene rings is 2. The maximum absolute atomic E-state index is 13.3. The monoisotopic (exact) mass is 560 g/mol. The van der Waals surface area contributed by atoms with E-state index in [4.69, 9.17) is 10.8 Å². The fourth-order valence-corrected chi connectivity index (χ4v) is 6.06. The molecule has 2 aromatic carbocycles. The third-order valence-electron chi connectivity index (χ3n) is 5.98. The van der Waals surface area contributed by atoms with Gasteiger partial charge in [0.25, 0.3) is 0 Å². The zero-order chi connectivity index (χ0) is 27.5. The van der Waals surface area contributed by atoms with E-state index in [1.54, 1.807) is 47.2 Å². The summed E-state index contributed by atoms with van der Waals surface area (Å²) in [4.78, 5) is 50.4. The van der Waals surface area contributed by atoms with Crippen molar-refractivity contribution in [2.75, 3.05) is 11.5 Å². The zero-order valence-corrected chi connectivity index (χ0v) is 22.4. The van der Waals surface area contributed by atoms with Crippen molar-refractivity contribution >= 4 is 45.3 Å². The molecule has 2 aromatic rings. The van der Waals surface area contributed by atoms with Gasteiger partial charge in [-0.15, -0.1) is 0 Å². The van der Waals surface area contributed by atoms with E-state index in [-0.39, 0.29) is 25.1 Å². The number of amides is 3. The van der Waals surface area contributed by atoms with Gasteiger partial charge < -0.3 is 31.9 Å². The van der Waals surface area contributed by atoms with Crippen LogP contribution < -0.4 is 21.7 Å². The fraction of sp³-hybridized carbons (Fsp3) is 0.385. The molecule has 3 rings (SSSR count). The molecule has 0 spiro atoms. The van der Waals surface area contributed by atoms with Crippen LogP contribution in [0.15, 0.2) is 48.5 Å². The minimum atomic E-state index is -0.981. The van der Waals surface area contributed by atoms with E-state index in [0.29, 0.717) is 41.0 Å². The number of carboxylic acid groups (broad SMARTS) is 1. The third-order valence-corrected chi connectivity index (χ3v) is 8.45. The van der Waals surface area contributed by atoms with Crippen LogP contribution in [0.3, 0.4) is 0 Å². The van der Waals surface area contributed by atoms with Crippen LogP contribution in [0.5, 0.6) is 5.75 Å². The van der Waals surface area contributed by atoms with Crippen LogP contribution in [0.25, 0.3) is 0 Å². The Kier molecular flexibility index (Phi) is 11.3. The number of nitrogens with two attached hydrogens (primary N) is 1. The molecule has 1 saturated heterocycles. The summed E-state index contributed by atoms with van der Waals surface area (Å²) in [5.74, 6) is -1.06. The standard InChI is InChI=1S/C26H32N4O6S2/c27-20-9-11-37-38-12-10-21(25(35)28-15-18-4-2-1-3-17(18)14-23(32)33)29-26(36)22(30-24(20)34)13-16-5-7-19(31)8-6-16/h1-8,20-22,31H,9-15,27H2,(H,28,35)(H,29,36)(H,30,34)(H,32,33)/t20-,21-,22-/m0/s1. The summed E-state index contributed by atoms with van der Waals surface area (Å²) in [6.07, 6.45) is 0.778. The molecule has 0 radical (unpaired) electrons. The highest BCUT2D eigenvalue weighted by molar-refractivity contribution is 8.76. The summed E-state index contributed by atoms with van der Waals surface area (Å²) in [6, 6.07) is 10.6.